The number of rotatable bonds is 5. The van der Waals surface area contributed by atoms with E-state index in [1.807, 2.05) is 44.2 Å². The fourth-order valence-corrected chi connectivity index (χ4v) is 2.18. The predicted octanol–water partition coefficient (Wildman–Crippen LogP) is 2.91. The molecule has 20 heavy (non-hydrogen) atoms. The lowest BCUT2D eigenvalue weighted by molar-refractivity contribution is 0.340. The van der Waals surface area contributed by atoms with Gasteiger partial charge < -0.3 is 15.0 Å². The first-order chi connectivity index (χ1) is 9.67. The van der Waals surface area contributed by atoms with Crippen molar-refractivity contribution in [3.05, 3.63) is 46.8 Å². The number of nitrogens with two attached hydrogens (primary N) is 1. The minimum atomic E-state index is -0.127. The van der Waals surface area contributed by atoms with Crippen molar-refractivity contribution in [2.24, 2.45) is 0 Å². The standard InChI is InChI=1S/C16H20N2O2/c1-3-11-18-15(10-9-14(17)16(18)19)12-5-7-13(8-6-12)20-4-2/h5-10H,3-4,11,17H2,1-2H3. The van der Waals surface area contributed by atoms with E-state index < -0.39 is 0 Å². The zero-order valence-corrected chi connectivity index (χ0v) is 11.9. The summed E-state index contributed by atoms with van der Waals surface area (Å²) in [6.45, 7) is 5.29. The fraction of sp³-hybridized carbons (Fsp3) is 0.312. The van der Waals surface area contributed by atoms with Crippen molar-refractivity contribution in [1.29, 1.82) is 0 Å². The maximum atomic E-state index is 12.1. The van der Waals surface area contributed by atoms with E-state index in [2.05, 4.69) is 0 Å². The summed E-state index contributed by atoms with van der Waals surface area (Å²) in [6, 6.07) is 11.3. The van der Waals surface area contributed by atoms with Crippen molar-refractivity contribution in [3.8, 4) is 17.0 Å². The Balaban J connectivity index is 2.46. The molecular formula is C16H20N2O2. The largest absolute Gasteiger partial charge is 0.494 e. The zero-order valence-electron chi connectivity index (χ0n) is 11.9. The van der Waals surface area contributed by atoms with Crippen LogP contribution in [0.25, 0.3) is 11.3 Å². The van der Waals surface area contributed by atoms with Crippen molar-refractivity contribution < 1.29 is 4.74 Å². The van der Waals surface area contributed by atoms with Gasteiger partial charge >= 0.3 is 0 Å². The highest BCUT2D eigenvalue weighted by atomic mass is 16.5. The van der Waals surface area contributed by atoms with Crippen LogP contribution in [0.3, 0.4) is 0 Å². The lowest BCUT2D eigenvalue weighted by atomic mass is 10.1. The van der Waals surface area contributed by atoms with Crippen molar-refractivity contribution in [2.45, 2.75) is 26.8 Å². The Hall–Kier alpha value is -2.23. The van der Waals surface area contributed by atoms with Gasteiger partial charge in [0.15, 0.2) is 0 Å². The minimum absolute atomic E-state index is 0.127. The van der Waals surface area contributed by atoms with E-state index in [0.29, 0.717) is 13.2 Å². The van der Waals surface area contributed by atoms with Crippen LogP contribution in [0.15, 0.2) is 41.2 Å². The summed E-state index contributed by atoms with van der Waals surface area (Å²) in [5.74, 6) is 0.830. The summed E-state index contributed by atoms with van der Waals surface area (Å²) in [6.07, 6.45) is 0.882. The van der Waals surface area contributed by atoms with Gasteiger partial charge in [0, 0.05) is 6.54 Å². The average molecular weight is 272 g/mol. The van der Waals surface area contributed by atoms with Gasteiger partial charge in [0.25, 0.3) is 5.56 Å². The summed E-state index contributed by atoms with van der Waals surface area (Å²) >= 11 is 0. The summed E-state index contributed by atoms with van der Waals surface area (Å²) in [4.78, 5) is 12.1. The fourth-order valence-electron chi connectivity index (χ4n) is 2.18. The van der Waals surface area contributed by atoms with Crippen LogP contribution in [0.4, 0.5) is 5.69 Å². The summed E-state index contributed by atoms with van der Waals surface area (Å²) < 4.78 is 7.16. The number of benzene rings is 1. The van der Waals surface area contributed by atoms with Crippen molar-refractivity contribution in [3.63, 3.8) is 0 Å². The molecule has 106 valence electrons. The smallest absolute Gasteiger partial charge is 0.274 e. The molecule has 0 amide bonds. The molecule has 2 N–H and O–H groups in total. The van der Waals surface area contributed by atoms with Crippen molar-refractivity contribution >= 4 is 5.69 Å². The van der Waals surface area contributed by atoms with Gasteiger partial charge in [0.1, 0.15) is 5.75 Å². The molecule has 2 aromatic rings. The molecule has 0 saturated carbocycles. The molecule has 0 fully saturated rings. The number of pyridine rings is 1. The third-order valence-corrected chi connectivity index (χ3v) is 3.11. The average Bonchev–Trinajstić information content (AvgIpc) is 2.46. The summed E-state index contributed by atoms with van der Waals surface area (Å²) in [5.41, 5.74) is 7.74. The first kappa shape index (κ1) is 14.2. The Morgan fingerprint density at radius 1 is 1.10 bits per heavy atom. The molecule has 0 aliphatic carbocycles. The molecule has 4 nitrogen and oxygen atoms in total. The van der Waals surface area contributed by atoms with Gasteiger partial charge in [-0.3, -0.25) is 4.79 Å². The van der Waals surface area contributed by atoms with Crippen LogP contribution in [0, 0.1) is 0 Å². The molecule has 0 atom stereocenters. The monoisotopic (exact) mass is 272 g/mol. The van der Waals surface area contributed by atoms with Gasteiger partial charge in [-0.25, -0.2) is 0 Å². The molecule has 1 aromatic heterocycles. The maximum Gasteiger partial charge on any atom is 0.274 e. The second kappa shape index (κ2) is 6.28. The Morgan fingerprint density at radius 3 is 2.40 bits per heavy atom. The van der Waals surface area contributed by atoms with Gasteiger partial charge in [-0.2, -0.15) is 0 Å². The Bertz CT molecular complexity index is 630. The highest BCUT2D eigenvalue weighted by Crippen LogP contribution is 2.22. The van der Waals surface area contributed by atoms with Gasteiger partial charge in [0.05, 0.1) is 18.0 Å². The quantitative estimate of drug-likeness (QED) is 0.910. The molecule has 0 saturated heterocycles. The van der Waals surface area contributed by atoms with Crippen molar-refractivity contribution in [1.82, 2.24) is 4.57 Å². The molecule has 4 heteroatoms. The molecule has 0 unspecified atom stereocenters. The molecule has 0 bridgehead atoms. The number of ether oxygens (including phenoxy) is 1. The SMILES string of the molecule is CCCn1c(-c2ccc(OCC)cc2)ccc(N)c1=O. The number of nitrogens with zero attached hydrogens (tertiary/aromatic N) is 1. The highest BCUT2D eigenvalue weighted by Gasteiger charge is 2.08. The third kappa shape index (κ3) is 2.85. The van der Waals surface area contributed by atoms with Gasteiger partial charge in [-0.1, -0.05) is 6.92 Å². The van der Waals surface area contributed by atoms with Gasteiger partial charge in [0.2, 0.25) is 0 Å². The van der Waals surface area contributed by atoms with Gasteiger partial charge in [-0.15, -0.1) is 0 Å². The van der Waals surface area contributed by atoms with Crippen molar-refractivity contribution in [2.75, 3.05) is 12.3 Å². The lowest BCUT2D eigenvalue weighted by Gasteiger charge is -2.13. The van der Waals surface area contributed by atoms with Crippen LogP contribution in [0.1, 0.15) is 20.3 Å². The maximum absolute atomic E-state index is 12.1. The van der Waals surface area contributed by atoms with Crippen LogP contribution in [0.5, 0.6) is 5.75 Å². The molecule has 0 aliphatic rings. The van der Waals surface area contributed by atoms with Gasteiger partial charge in [-0.05, 0) is 55.3 Å². The minimum Gasteiger partial charge on any atom is -0.494 e. The number of nitrogen functional groups attached to an aromatic ring is 1. The van der Waals surface area contributed by atoms with E-state index in [1.165, 1.54) is 0 Å². The number of aromatic nitrogens is 1. The molecule has 0 aliphatic heterocycles. The number of hydrogen-bond acceptors (Lipinski definition) is 3. The molecule has 0 radical (unpaired) electrons. The van der Waals surface area contributed by atoms with E-state index in [4.69, 9.17) is 10.5 Å². The highest BCUT2D eigenvalue weighted by molar-refractivity contribution is 5.62. The first-order valence-electron chi connectivity index (χ1n) is 6.90. The zero-order chi connectivity index (χ0) is 14.5. The van der Waals surface area contributed by atoms with E-state index in [0.717, 1.165) is 23.4 Å². The molecule has 0 spiro atoms. The van der Waals surface area contributed by atoms with Crippen LogP contribution >= 0.6 is 0 Å². The Labute approximate surface area is 118 Å². The van der Waals surface area contributed by atoms with E-state index in [9.17, 15) is 4.79 Å². The molecule has 1 aromatic carbocycles. The van der Waals surface area contributed by atoms with Crippen LogP contribution < -0.4 is 16.0 Å². The molecular weight excluding hydrogens is 252 g/mol. The van der Waals surface area contributed by atoms with E-state index in [1.54, 1.807) is 10.6 Å². The number of hydrogen-bond donors (Lipinski definition) is 1. The number of anilines is 1. The van der Waals surface area contributed by atoms with Crippen LogP contribution in [0.2, 0.25) is 0 Å². The van der Waals surface area contributed by atoms with E-state index >= 15 is 0 Å². The lowest BCUT2D eigenvalue weighted by Crippen LogP contribution is -2.24. The van der Waals surface area contributed by atoms with E-state index in [-0.39, 0.29) is 11.2 Å². The molecule has 1 heterocycles. The third-order valence-electron chi connectivity index (χ3n) is 3.11. The normalized spacial score (nSPS) is 10.5. The predicted molar refractivity (Wildman–Crippen MR) is 82.0 cm³/mol. The second-order valence-electron chi connectivity index (χ2n) is 4.59. The van der Waals surface area contributed by atoms with Crippen LogP contribution in [-0.4, -0.2) is 11.2 Å². The van der Waals surface area contributed by atoms with Crippen LogP contribution in [-0.2, 0) is 6.54 Å². The Kier molecular flexibility index (Phi) is 4.45. The topological polar surface area (TPSA) is 57.2 Å². The summed E-state index contributed by atoms with van der Waals surface area (Å²) in [5, 5.41) is 0. The Morgan fingerprint density at radius 2 is 1.80 bits per heavy atom. The summed E-state index contributed by atoms with van der Waals surface area (Å²) in [7, 11) is 0. The molecule has 2 rings (SSSR count). The second-order valence-corrected chi connectivity index (χ2v) is 4.59. The first-order valence-corrected chi connectivity index (χ1v) is 6.90.